The number of rotatable bonds is 8. The topological polar surface area (TPSA) is 71.3 Å². The number of pyridine rings is 1. The largest absolute Gasteiger partial charge is 0.339 e. The molecule has 7 nitrogen and oxygen atoms in total. The second-order valence-electron chi connectivity index (χ2n) is 8.51. The summed E-state index contributed by atoms with van der Waals surface area (Å²) in [7, 11) is 0. The predicted molar refractivity (Wildman–Crippen MR) is 127 cm³/mol. The van der Waals surface area contributed by atoms with Crippen molar-refractivity contribution in [3.05, 3.63) is 72.3 Å². The minimum absolute atomic E-state index is 0.00723. The van der Waals surface area contributed by atoms with E-state index in [-0.39, 0.29) is 11.8 Å². The Bertz CT molecular complexity index is 1080. The molecule has 1 saturated heterocycles. The SMILES string of the molecule is CCCN1CCN(C(=O)CCn2nccc2C)[C@@H](Cc2ccc(-c3ccncc3)cc2)C1=O. The summed E-state index contributed by atoms with van der Waals surface area (Å²) < 4.78 is 1.83. The Balaban J connectivity index is 1.49. The minimum atomic E-state index is -0.469. The molecule has 2 amide bonds. The molecule has 7 heteroatoms. The fraction of sp³-hybridized carbons (Fsp3) is 0.385. The van der Waals surface area contributed by atoms with Gasteiger partial charge in [-0.3, -0.25) is 19.3 Å². The van der Waals surface area contributed by atoms with Crippen LogP contribution in [0.15, 0.2) is 61.1 Å². The van der Waals surface area contributed by atoms with Crippen LogP contribution in [0.4, 0.5) is 0 Å². The third-order valence-electron chi connectivity index (χ3n) is 6.26. The summed E-state index contributed by atoms with van der Waals surface area (Å²) in [4.78, 5) is 34.2. The van der Waals surface area contributed by atoms with Gasteiger partial charge in [0, 0.05) is 63.3 Å². The van der Waals surface area contributed by atoms with Gasteiger partial charge < -0.3 is 9.80 Å². The highest BCUT2D eigenvalue weighted by Crippen LogP contribution is 2.22. The van der Waals surface area contributed by atoms with Crippen molar-refractivity contribution in [1.29, 1.82) is 0 Å². The summed E-state index contributed by atoms with van der Waals surface area (Å²) in [6, 6.07) is 13.6. The molecule has 172 valence electrons. The van der Waals surface area contributed by atoms with Crippen LogP contribution in [-0.2, 0) is 22.6 Å². The van der Waals surface area contributed by atoms with E-state index >= 15 is 0 Å². The smallest absolute Gasteiger partial charge is 0.245 e. The molecule has 0 unspecified atom stereocenters. The standard InChI is InChI=1S/C26H31N5O2/c1-3-15-29-17-18-30(25(32)11-16-31-20(2)8-14-28-31)24(26(29)33)19-21-4-6-22(7-5-21)23-9-12-27-13-10-23/h4-10,12-14,24H,3,11,15-19H2,1-2H3/t24-/m0/s1. The van der Waals surface area contributed by atoms with Gasteiger partial charge in [0.1, 0.15) is 6.04 Å². The average molecular weight is 446 g/mol. The lowest BCUT2D eigenvalue weighted by Crippen LogP contribution is -2.59. The van der Waals surface area contributed by atoms with E-state index in [1.54, 1.807) is 23.5 Å². The molecule has 0 bridgehead atoms. The van der Waals surface area contributed by atoms with E-state index in [0.717, 1.165) is 35.3 Å². The minimum Gasteiger partial charge on any atom is -0.339 e. The molecule has 1 aliphatic rings. The second kappa shape index (κ2) is 10.4. The van der Waals surface area contributed by atoms with E-state index in [2.05, 4.69) is 41.3 Å². The molecule has 0 radical (unpaired) electrons. The first kappa shape index (κ1) is 22.7. The number of piperazine rings is 1. The fourth-order valence-corrected chi connectivity index (χ4v) is 4.41. The van der Waals surface area contributed by atoms with Crippen LogP contribution in [0.1, 0.15) is 31.0 Å². The molecule has 1 atom stereocenters. The fourth-order valence-electron chi connectivity index (χ4n) is 4.41. The lowest BCUT2D eigenvalue weighted by molar-refractivity contribution is -0.151. The zero-order chi connectivity index (χ0) is 23.2. The highest BCUT2D eigenvalue weighted by atomic mass is 16.2. The van der Waals surface area contributed by atoms with Gasteiger partial charge in [-0.25, -0.2) is 0 Å². The van der Waals surface area contributed by atoms with Gasteiger partial charge in [0.2, 0.25) is 11.8 Å². The summed E-state index contributed by atoms with van der Waals surface area (Å²) in [5.74, 6) is 0.0535. The van der Waals surface area contributed by atoms with Crippen LogP contribution in [0.2, 0.25) is 0 Å². The maximum absolute atomic E-state index is 13.3. The van der Waals surface area contributed by atoms with E-state index in [0.29, 0.717) is 32.5 Å². The van der Waals surface area contributed by atoms with Gasteiger partial charge in [0.25, 0.3) is 0 Å². The van der Waals surface area contributed by atoms with Crippen LogP contribution >= 0.6 is 0 Å². The van der Waals surface area contributed by atoms with Gasteiger partial charge in [0.15, 0.2) is 0 Å². The van der Waals surface area contributed by atoms with Gasteiger partial charge in [-0.2, -0.15) is 5.10 Å². The molecule has 1 aromatic carbocycles. The molecular formula is C26H31N5O2. The third-order valence-corrected chi connectivity index (χ3v) is 6.26. The summed E-state index contributed by atoms with van der Waals surface area (Å²) >= 11 is 0. The number of hydrogen-bond acceptors (Lipinski definition) is 4. The molecule has 1 aliphatic heterocycles. The van der Waals surface area contributed by atoms with Crippen molar-refractivity contribution in [2.24, 2.45) is 0 Å². The number of nitrogens with zero attached hydrogens (tertiary/aromatic N) is 5. The Morgan fingerprint density at radius 2 is 1.70 bits per heavy atom. The van der Waals surface area contributed by atoms with Crippen LogP contribution in [-0.4, -0.2) is 62.1 Å². The van der Waals surface area contributed by atoms with Crippen LogP contribution in [0.25, 0.3) is 11.1 Å². The molecule has 0 saturated carbocycles. The molecule has 0 aliphatic carbocycles. The number of aromatic nitrogens is 3. The first-order valence-electron chi connectivity index (χ1n) is 11.6. The lowest BCUT2D eigenvalue weighted by Gasteiger charge is -2.41. The van der Waals surface area contributed by atoms with Crippen LogP contribution in [0, 0.1) is 6.92 Å². The Kier molecular flexibility index (Phi) is 7.17. The van der Waals surface area contributed by atoms with E-state index in [9.17, 15) is 9.59 Å². The number of aryl methyl sites for hydroxylation is 2. The van der Waals surface area contributed by atoms with Crippen molar-refractivity contribution in [2.75, 3.05) is 19.6 Å². The molecule has 3 aromatic rings. The Morgan fingerprint density at radius 1 is 0.970 bits per heavy atom. The second-order valence-corrected chi connectivity index (χ2v) is 8.51. The van der Waals surface area contributed by atoms with Gasteiger partial charge in [-0.1, -0.05) is 31.2 Å². The molecule has 0 spiro atoms. The average Bonchev–Trinajstić information content (AvgIpc) is 3.26. The molecule has 3 heterocycles. The van der Waals surface area contributed by atoms with E-state index < -0.39 is 6.04 Å². The first-order chi connectivity index (χ1) is 16.1. The zero-order valence-electron chi connectivity index (χ0n) is 19.4. The quantitative estimate of drug-likeness (QED) is 0.533. The Labute approximate surface area is 195 Å². The summed E-state index contributed by atoms with van der Waals surface area (Å²) in [6.45, 7) is 6.46. The highest BCUT2D eigenvalue weighted by molar-refractivity contribution is 5.89. The number of amides is 2. The van der Waals surface area contributed by atoms with Gasteiger partial charge in [-0.15, -0.1) is 0 Å². The van der Waals surface area contributed by atoms with Gasteiger partial charge in [-0.05, 0) is 48.2 Å². The van der Waals surface area contributed by atoms with Gasteiger partial charge >= 0.3 is 0 Å². The van der Waals surface area contributed by atoms with E-state index in [1.165, 1.54) is 0 Å². The number of carbonyl (C=O) groups excluding carboxylic acids is 2. The summed E-state index contributed by atoms with van der Waals surface area (Å²) in [5.41, 5.74) is 4.28. The molecule has 1 fully saturated rings. The zero-order valence-corrected chi connectivity index (χ0v) is 19.4. The Morgan fingerprint density at radius 3 is 2.36 bits per heavy atom. The highest BCUT2D eigenvalue weighted by Gasteiger charge is 2.36. The summed E-state index contributed by atoms with van der Waals surface area (Å²) in [6.07, 6.45) is 7.06. The van der Waals surface area contributed by atoms with Crippen LogP contribution < -0.4 is 0 Å². The summed E-state index contributed by atoms with van der Waals surface area (Å²) in [5, 5.41) is 4.27. The number of benzene rings is 1. The van der Waals surface area contributed by atoms with Crippen molar-refractivity contribution in [3.8, 4) is 11.1 Å². The van der Waals surface area contributed by atoms with E-state index in [1.807, 2.05) is 34.7 Å². The molecular weight excluding hydrogens is 414 g/mol. The van der Waals surface area contributed by atoms with Crippen LogP contribution in [0.5, 0.6) is 0 Å². The predicted octanol–water partition coefficient (Wildman–Crippen LogP) is 3.34. The molecule has 2 aromatic heterocycles. The Hall–Kier alpha value is -3.48. The monoisotopic (exact) mass is 445 g/mol. The lowest BCUT2D eigenvalue weighted by atomic mass is 9.98. The van der Waals surface area contributed by atoms with Crippen molar-refractivity contribution in [3.63, 3.8) is 0 Å². The van der Waals surface area contributed by atoms with Crippen molar-refractivity contribution in [1.82, 2.24) is 24.6 Å². The molecule has 4 rings (SSSR count). The normalized spacial score (nSPS) is 16.3. The molecule has 33 heavy (non-hydrogen) atoms. The maximum Gasteiger partial charge on any atom is 0.245 e. The number of hydrogen-bond donors (Lipinski definition) is 0. The van der Waals surface area contributed by atoms with Crippen LogP contribution in [0.3, 0.4) is 0 Å². The van der Waals surface area contributed by atoms with Gasteiger partial charge in [0.05, 0.1) is 0 Å². The van der Waals surface area contributed by atoms with E-state index in [4.69, 9.17) is 0 Å². The van der Waals surface area contributed by atoms with Crippen molar-refractivity contribution >= 4 is 11.8 Å². The molecule has 0 N–H and O–H groups in total. The van der Waals surface area contributed by atoms with Crippen molar-refractivity contribution < 1.29 is 9.59 Å². The third kappa shape index (κ3) is 5.30. The maximum atomic E-state index is 13.3. The number of carbonyl (C=O) groups is 2. The van der Waals surface area contributed by atoms with Crippen molar-refractivity contribution in [2.45, 2.75) is 45.7 Å². The first-order valence-corrected chi connectivity index (χ1v) is 11.6.